The van der Waals surface area contributed by atoms with Gasteiger partial charge in [-0.2, -0.15) is 0 Å². The lowest BCUT2D eigenvalue weighted by molar-refractivity contribution is -0.119. The van der Waals surface area contributed by atoms with E-state index in [-0.39, 0.29) is 28.9 Å². The highest BCUT2D eigenvalue weighted by Crippen LogP contribution is 2.26. The van der Waals surface area contributed by atoms with Crippen molar-refractivity contribution in [2.75, 3.05) is 15.8 Å². The van der Waals surface area contributed by atoms with Gasteiger partial charge in [-0.1, -0.05) is 11.8 Å². The zero-order valence-electron chi connectivity index (χ0n) is 16.3. The smallest absolute Gasteiger partial charge is 0.264 e. The first-order valence-electron chi connectivity index (χ1n) is 9.23. The van der Waals surface area contributed by atoms with Crippen LogP contribution in [-0.4, -0.2) is 39.6 Å². The zero-order chi connectivity index (χ0) is 22.0. The maximum atomic E-state index is 12.7. The third-order valence-corrected chi connectivity index (χ3v) is 7.09. The Kier molecular flexibility index (Phi) is 5.74. The number of aromatic nitrogens is 4. The van der Waals surface area contributed by atoms with Crippen molar-refractivity contribution in [2.24, 2.45) is 5.92 Å². The third kappa shape index (κ3) is 4.59. The molecular formula is C19H18N6O4S2. The molecule has 31 heavy (non-hydrogen) atoms. The van der Waals surface area contributed by atoms with Gasteiger partial charge in [0.25, 0.3) is 15.6 Å². The summed E-state index contributed by atoms with van der Waals surface area (Å²) >= 11 is 1.36. The van der Waals surface area contributed by atoms with Crippen molar-refractivity contribution in [1.29, 1.82) is 0 Å². The number of carbonyl (C=O) groups excluding carboxylic acids is 1. The number of anilines is 2. The van der Waals surface area contributed by atoms with Crippen molar-refractivity contribution in [3.05, 3.63) is 64.8 Å². The summed E-state index contributed by atoms with van der Waals surface area (Å²) in [7, 11) is -3.86. The lowest BCUT2D eigenvalue weighted by Gasteiger charge is -2.24. The highest BCUT2D eigenvalue weighted by Gasteiger charge is 2.27. The number of sulfonamides is 1. The molecule has 1 aliphatic heterocycles. The summed E-state index contributed by atoms with van der Waals surface area (Å²) in [6.45, 7) is 1.93. The molecule has 0 saturated carbocycles. The second-order valence-electron chi connectivity index (χ2n) is 6.84. The summed E-state index contributed by atoms with van der Waals surface area (Å²) in [5.41, 5.74) is 0.821. The molecule has 4 rings (SSSR count). The first-order valence-corrected chi connectivity index (χ1v) is 11.7. The van der Waals surface area contributed by atoms with Gasteiger partial charge in [-0.15, -0.1) is 0 Å². The number of fused-ring (bicyclic) bond motifs is 1. The molecule has 3 aromatic rings. The van der Waals surface area contributed by atoms with E-state index in [0.717, 1.165) is 0 Å². The van der Waals surface area contributed by atoms with Crippen molar-refractivity contribution in [3.63, 3.8) is 0 Å². The molecule has 1 aromatic carbocycles. The summed E-state index contributed by atoms with van der Waals surface area (Å²) < 4.78 is 28.7. The van der Waals surface area contributed by atoms with Gasteiger partial charge in [0.05, 0.1) is 10.8 Å². The standard InChI is InChI=1S/C19H18N6O4S2/c1-12-9-22-19-25(17(12)27)10-13(11-30-19)16(26)23-14-3-5-15(6-4-14)31(28,29)24-18-20-7-2-8-21-18/h2-9,13H,10-11H2,1H3,(H,23,26)(H,20,21,24). The van der Waals surface area contributed by atoms with Crippen LogP contribution < -0.4 is 15.6 Å². The normalized spacial score (nSPS) is 15.7. The first-order chi connectivity index (χ1) is 14.8. The Morgan fingerprint density at radius 1 is 1.16 bits per heavy atom. The number of aryl methyl sites for hydroxylation is 1. The number of hydrogen-bond acceptors (Lipinski definition) is 8. The van der Waals surface area contributed by atoms with Crippen molar-refractivity contribution in [3.8, 4) is 0 Å². The molecule has 12 heteroatoms. The fourth-order valence-electron chi connectivity index (χ4n) is 2.95. The second-order valence-corrected chi connectivity index (χ2v) is 9.51. The fourth-order valence-corrected chi connectivity index (χ4v) is 4.96. The molecule has 1 unspecified atom stereocenters. The van der Waals surface area contributed by atoms with Crippen LogP contribution in [0.2, 0.25) is 0 Å². The molecule has 10 nitrogen and oxygen atoms in total. The van der Waals surface area contributed by atoms with E-state index in [1.807, 2.05) is 0 Å². The number of thioether (sulfide) groups is 1. The Morgan fingerprint density at radius 2 is 1.87 bits per heavy atom. The van der Waals surface area contributed by atoms with Crippen LogP contribution in [0.4, 0.5) is 11.6 Å². The quantitative estimate of drug-likeness (QED) is 0.549. The SMILES string of the molecule is Cc1cnc2n(c1=O)CC(C(=O)Nc1ccc(S(=O)(=O)Nc3ncccn3)cc1)CS2. The number of carbonyl (C=O) groups is 1. The van der Waals surface area contributed by atoms with Crippen LogP contribution in [0.3, 0.4) is 0 Å². The van der Waals surface area contributed by atoms with Gasteiger partial charge < -0.3 is 5.32 Å². The molecule has 0 spiro atoms. The number of rotatable bonds is 5. The van der Waals surface area contributed by atoms with E-state index < -0.39 is 15.9 Å². The molecule has 0 aliphatic carbocycles. The molecule has 1 amide bonds. The first kappa shape index (κ1) is 21.0. The summed E-state index contributed by atoms with van der Waals surface area (Å²) in [6, 6.07) is 7.33. The highest BCUT2D eigenvalue weighted by atomic mass is 32.2. The predicted molar refractivity (Wildman–Crippen MR) is 115 cm³/mol. The maximum Gasteiger partial charge on any atom is 0.264 e. The van der Waals surface area contributed by atoms with E-state index in [2.05, 4.69) is 25.0 Å². The van der Waals surface area contributed by atoms with Crippen LogP contribution in [0.15, 0.2) is 63.8 Å². The molecule has 160 valence electrons. The Bertz CT molecular complexity index is 1280. The number of amides is 1. The molecule has 1 aliphatic rings. The molecule has 2 N–H and O–H groups in total. The average molecular weight is 459 g/mol. The maximum absolute atomic E-state index is 12.7. The molecule has 1 atom stereocenters. The number of benzene rings is 1. The topological polar surface area (TPSA) is 136 Å². The van der Waals surface area contributed by atoms with Crippen molar-refractivity contribution in [2.45, 2.75) is 23.5 Å². The molecule has 0 fully saturated rings. The van der Waals surface area contributed by atoms with E-state index in [1.54, 1.807) is 13.0 Å². The van der Waals surface area contributed by atoms with Crippen molar-refractivity contribution >= 4 is 39.3 Å². The third-order valence-electron chi connectivity index (χ3n) is 4.59. The van der Waals surface area contributed by atoms with Crippen LogP contribution in [0.5, 0.6) is 0 Å². The Morgan fingerprint density at radius 3 is 2.58 bits per heavy atom. The monoisotopic (exact) mass is 458 g/mol. The van der Waals surface area contributed by atoms with Gasteiger partial charge >= 0.3 is 0 Å². The highest BCUT2D eigenvalue weighted by molar-refractivity contribution is 7.99. The van der Waals surface area contributed by atoms with Gasteiger partial charge in [-0.05, 0) is 37.3 Å². The van der Waals surface area contributed by atoms with Gasteiger partial charge in [0, 0.05) is 42.1 Å². The number of nitrogens with zero attached hydrogens (tertiary/aromatic N) is 4. The zero-order valence-corrected chi connectivity index (χ0v) is 18.0. The van der Waals surface area contributed by atoms with Crippen molar-refractivity contribution < 1.29 is 13.2 Å². The van der Waals surface area contributed by atoms with Crippen LogP contribution in [-0.2, 0) is 21.4 Å². The lowest BCUT2D eigenvalue weighted by Crippen LogP contribution is -2.37. The summed E-state index contributed by atoms with van der Waals surface area (Å²) in [5, 5.41) is 3.38. The van der Waals surface area contributed by atoms with Gasteiger partial charge in [0.1, 0.15) is 0 Å². The largest absolute Gasteiger partial charge is 0.326 e. The molecule has 0 radical (unpaired) electrons. The fraction of sp³-hybridized carbons (Fsp3) is 0.211. The van der Waals surface area contributed by atoms with E-state index >= 15 is 0 Å². The van der Waals surface area contributed by atoms with Gasteiger partial charge in [-0.25, -0.2) is 28.1 Å². The van der Waals surface area contributed by atoms with E-state index in [9.17, 15) is 18.0 Å². The summed E-state index contributed by atoms with van der Waals surface area (Å²) in [5.74, 6) is -0.207. The molecule has 2 aromatic heterocycles. The second kappa shape index (κ2) is 8.47. The molecule has 0 saturated heterocycles. The number of hydrogen-bond donors (Lipinski definition) is 2. The van der Waals surface area contributed by atoms with Gasteiger partial charge in [0.15, 0.2) is 5.16 Å². The number of nitrogens with one attached hydrogen (secondary N) is 2. The predicted octanol–water partition coefficient (Wildman–Crippen LogP) is 1.50. The molecule has 3 heterocycles. The van der Waals surface area contributed by atoms with Crippen molar-refractivity contribution in [1.82, 2.24) is 19.5 Å². The molecule has 0 bridgehead atoms. The average Bonchev–Trinajstić information content (AvgIpc) is 2.77. The Labute approximate surface area is 182 Å². The minimum Gasteiger partial charge on any atom is -0.326 e. The van der Waals surface area contributed by atoms with E-state index in [0.29, 0.717) is 22.2 Å². The van der Waals surface area contributed by atoms with Crippen LogP contribution in [0.25, 0.3) is 0 Å². The van der Waals surface area contributed by atoms with E-state index in [1.165, 1.54) is 59.2 Å². The Hall–Kier alpha value is -3.25. The van der Waals surface area contributed by atoms with E-state index in [4.69, 9.17) is 0 Å². The van der Waals surface area contributed by atoms with Crippen LogP contribution >= 0.6 is 11.8 Å². The van der Waals surface area contributed by atoms with Gasteiger partial charge in [0.2, 0.25) is 11.9 Å². The summed E-state index contributed by atoms with van der Waals surface area (Å²) in [6.07, 6.45) is 4.39. The Balaban J connectivity index is 1.44. The minimum atomic E-state index is -3.86. The lowest BCUT2D eigenvalue weighted by atomic mass is 10.1. The summed E-state index contributed by atoms with van der Waals surface area (Å²) in [4.78, 5) is 36.9. The molecular weight excluding hydrogens is 440 g/mol. The van der Waals surface area contributed by atoms with Crippen LogP contribution in [0.1, 0.15) is 5.56 Å². The minimum absolute atomic E-state index is 0.00760. The van der Waals surface area contributed by atoms with Gasteiger partial charge in [-0.3, -0.25) is 14.2 Å². The van der Waals surface area contributed by atoms with Crippen LogP contribution in [0, 0.1) is 12.8 Å².